The topological polar surface area (TPSA) is 46.9 Å². The number of aromatic nitrogens is 2. The average Bonchev–Trinajstić information content (AvgIpc) is 3.02. The number of amides is 1. The van der Waals surface area contributed by atoms with Gasteiger partial charge in [-0.2, -0.15) is 5.10 Å². The molecule has 0 fully saturated rings. The van der Waals surface area contributed by atoms with E-state index in [4.69, 9.17) is 11.6 Å². The molecule has 0 aliphatic heterocycles. The van der Waals surface area contributed by atoms with E-state index in [9.17, 15) is 13.6 Å². The van der Waals surface area contributed by atoms with Gasteiger partial charge in [-0.25, -0.2) is 8.78 Å². The van der Waals surface area contributed by atoms with Gasteiger partial charge in [0.2, 0.25) is 0 Å². The van der Waals surface area contributed by atoms with E-state index < -0.39 is 17.5 Å². The number of anilines is 1. The zero-order chi connectivity index (χ0) is 17.1. The van der Waals surface area contributed by atoms with E-state index in [1.165, 1.54) is 17.1 Å². The van der Waals surface area contributed by atoms with E-state index in [0.29, 0.717) is 11.6 Å². The molecule has 122 valence electrons. The Balaban J connectivity index is 1.74. The predicted octanol–water partition coefficient (Wildman–Crippen LogP) is 4.12. The molecule has 0 aliphatic rings. The Morgan fingerprint density at radius 2 is 2.00 bits per heavy atom. The molecule has 7 heteroatoms. The SMILES string of the molecule is O=C(Nc1cc(F)ccc1F)c1cnn(Cc2ccccc2Cl)c1. The van der Waals surface area contributed by atoms with E-state index in [1.807, 2.05) is 18.2 Å². The Morgan fingerprint density at radius 1 is 1.21 bits per heavy atom. The van der Waals surface area contributed by atoms with Gasteiger partial charge < -0.3 is 5.32 Å². The highest BCUT2D eigenvalue weighted by Crippen LogP contribution is 2.18. The van der Waals surface area contributed by atoms with Crippen LogP contribution in [-0.4, -0.2) is 15.7 Å². The summed E-state index contributed by atoms with van der Waals surface area (Å²) in [6, 6.07) is 10.1. The number of rotatable bonds is 4. The molecule has 24 heavy (non-hydrogen) atoms. The normalized spacial score (nSPS) is 10.6. The number of carbonyl (C=O) groups is 1. The third kappa shape index (κ3) is 3.60. The Labute approximate surface area is 141 Å². The standard InChI is InChI=1S/C17H12ClF2N3O/c18-14-4-2-1-3-11(14)9-23-10-12(8-21-23)17(24)22-16-7-13(19)5-6-15(16)20/h1-8,10H,9H2,(H,22,24). The van der Waals surface area contributed by atoms with Crippen LogP contribution >= 0.6 is 11.6 Å². The maximum absolute atomic E-state index is 13.6. The van der Waals surface area contributed by atoms with Crippen molar-refractivity contribution in [3.8, 4) is 0 Å². The lowest BCUT2D eigenvalue weighted by molar-refractivity contribution is 0.102. The van der Waals surface area contributed by atoms with Crippen molar-refractivity contribution in [1.82, 2.24) is 9.78 Å². The monoisotopic (exact) mass is 347 g/mol. The number of benzene rings is 2. The number of carbonyl (C=O) groups excluding carboxylic acids is 1. The van der Waals surface area contributed by atoms with Crippen LogP contribution in [0.5, 0.6) is 0 Å². The lowest BCUT2D eigenvalue weighted by Gasteiger charge is -2.05. The summed E-state index contributed by atoms with van der Waals surface area (Å²) in [4.78, 5) is 12.1. The van der Waals surface area contributed by atoms with E-state index in [2.05, 4.69) is 10.4 Å². The molecule has 1 amide bonds. The molecule has 1 aromatic heterocycles. The van der Waals surface area contributed by atoms with Crippen molar-refractivity contribution >= 4 is 23.2 Å². The molecule has 0 atom stereocenters. The third-order valence-corrected chi connectivity index (χ3v) is 3.73. The molecule has 3 aromatic rings. The molecular weight excluding hydrogens is 336 g/mol. The van der Waals surface area contributed by atoms with Crippen LogP contribution in [0.4, 0.5) is 14.5 Å². The van der Waals surface area contributed by atoms with Gasteiger partial charge in [0.25, 0.3) is 5.91 Å². The van der Waals surface area contributed by atoms with Gasteiger partial charge >= 0.3 is 0 Å². The molecular formula is C17H12ClF2N3O. The van der Waals surface area contributed by atoms with Crippen LogP contribution in [0.15, 0.2) is 54.9 Å². The fourth-order valence-electron chi connectivity index (χ4n) is 2.16. The zero-order valence-electron chi connectivity index (χ0n) is 12.3. The summed E-state index contributed by atoms with van der Waals surface area (Å²) in [6.07, 6.45) is 2.86. The lowest BCUT2D eigenvalue weighted by atomic mass is 10.2. The Morgan fingerprint density at radius 3 is 2.79 bits per heavy atom. The number of halogens is 3. The van der Waals surface area contributed by atoms with Crippen molar-refractivity contribution in [3.63, 3.8) is 0 Å². The molecule has 0 saturated heterocycles. The fraction of sp³-hybridized carbons (Fsp3) is 0.0588. The van der Waals surface area contributed by atoms with Crippen molar-refractivity contribution in [2.45, 2.75) is 6.54 Å². The van der Waals surface area contributed by atoms with Gasteiger partial charge in [0.15, 0.2) is 0 Å². The van der Waals surface area contributed by atoms with E-state index in [-0.39, 0.29) is 11.3 Å². The summed E-state index contributed by atoms with van der Waals surface area (Å²) < 4.78 is 28.2. The maximum atomic E-state index is 13.6. The van der Waals surface area contributed by atoms with Crippen LogP contribution in [0, 0.1) is 11.6 Å². The van der Waals surface area contributed by atoms with Gasteiger partial charge in [-0.15, -0.1) is 0 Å². The van der Waals surface area contributed by atoms with Crippen molar-refractivity contribution in [2.75, 3.05) is 5.32 Å². The van der Waals surface area contributed by atoms with E-state index in [1.54, 1.807) is 6.07 Å². The van der Waals surface area contributed by atoms with Gasteiger partial charge in [0.1, 0.15) is 11.6 Å². The quantitative estimate of drug-likeness (QED) is 0.772. The number of nitrogens with one attached hydrogen (secondary N) is 1. The first-order chi connectivity index (χ1) is 11.5. The molecule has 0 radical (unpaired) electrons. The van der Waals surface area contributed by atoms with Crippen LogP contribution in [0.2, 0.25) is 5.02 Å². The molecule has 4 nitrogen and oxygen atoms in total. The van der Waals surface area contributed by atoms with E-state index in [0.717, 1.165) is 23.8 Å². The Kier molecular flexibility index (Phi) is 4.57. The highest BCUT2D eigenvalue weighted by atomic mass is 35.5. The summed E-state index contributed by atoms with van der Waals surface area (Å²) in [5, 5.41) is 7.01. The van der Waals surface area contributed by atoms with Crippen LogP contribution in [0.25, 0.3) is 0 Å². The second kappa shape index (κ2) is 6.80. The summed E-state index contributed by atoms with van der Waals surface area (Å²) in [7, 11) is 0. The minimum Gasteiger partial charge on any atom is -0.319 e. The molecule has 1 N–H and O–H groups in total. The van der Waals surface area contributed by atoms with E-state index >= 15 is 0 Å². The summed E-state index contributed by atoms with van der Waals surface area (Å²) >= 11 is 6.09. The van der Waals surface area contributed by atoms with Gasteiger partial charge in [-0.05, 0) is 23.8 Å². The molecule has 3 rings (SSSR count). The summed E-state index contributed by atoms with van der Waals surface area (Å²) in [6.45, 7) is 0.390. The van der Waals surface area contributed by atoms with Gasteiger partial charge in [0, 0.05) is 17.3 Å². The average molecular weight is 348 g/mol. The second-order valence-electron chi connectivity index (χ2n) is 5.10. The van der Waals surface area contributed by atoms with Crippen LogP contribution in [0.3, 0.4) is 0 Å². The minimum absolute atomic E-state index is 0.223. The molecule has 0 spiro atoms. The molecule has 2 aromatic carbocycles. The smallest absolute Gasteiger partial charge is 0.258 e. The van der Waals surface area contributed by atoms with Crippen molar-refractivity contribution in [1.29, 1.82) is 0 Å². The van der Waals surface area contributed by atoms with Crippen molar-refractivity contribution in [3.05, 3.63) is 82.6 Å². The fourth-order valence-corrected chi connectivity index (χ4v) is 2.35. The van der Waals surface area contributed by atoms with Gasteiger partial charge in [-0.3, -0.25) is 9.48 Å². The van der Waals surface area contributed by atoms with Crippen LogP contribution < -0.4 is 5.32 Å². The van der Waals surface area contributed by atoms with Gasteiger partial charge in [0.05, 0.1) is 24.0 Å². The third-order valence-electron chi connectivity index (χ3n) is 3.36. The minimum atomic E-state index is -0.715. The molecule has 0 saturated carbocycles. The highest BCUT2D eigenvalue weighted by Gasteiger charge is 2.13. The lowest BCUT2D eigenvalue weighted by Crippen LogP contribution is -2.12. The van der Waals surface area contributed by atoms with Gasteiger partial charge in [-0.1, -0.05) is 29.8 Å². The molecule has 1 heterocycles. The Hall–Kier alpha value is -2.73. The highest BCUT2D eigenvalue weighted by molar-refractivity contribution is 6.31. The second-order valence-corrected chi connectivity index (χ2v) is 5.50. The van der Waals surface area contributed by atoms with Crippen LogP contribution in [0.1, 0.15) is 15.9 Å². The Bertz CT molecular complexity index is 895. The summed E-state index contributed by atoms with van der Waals surface area (Å²) in [5.41, 5.74) is 0.856. The number of nitrogens with zero attached hydrogens (tertiary/aromatic N) is 2. The first-order valence-corrected chi connectivity index (χ1v) is 7.43. The number of hydrogen-bond donors (Lipinski definition) is 1. The predicted molar refractivity (Wildman–Crippen MR) is 87.1 cm³/mol. The summed E-state index contributed by atoms with van der Waals surface area (Å²) in [5.74, 6) is -1.93. The zero-order valence-corrected chi connectivity index (χ0v) is 13.1. The van der Waals surface area contributed by atoms with Crippen molar-refractivity contribution < 1.29 is 13.6 Å². The largest absolute Gasteiger partial charge is 0.319 e. The first-order valence-electron chi connectivity index (χ1n) is 7.05. The molecule has 0 bridgehead atoms. The van der Waals surface area contributed by atoms with Crippen molar-refractivity contribution in [2.24, 2.45) is 0 Å². The first kappa shape index (κ1) is 16.1. The number of hydrogen-bond acceptors (Lipinski definition) is 2. The molecule has 0 aliphatic carbocycles. The maximum Gasteiger partial charge on any atom is 0.258 e. The molecule has 0 unspecified atom stereocenters. The van der Waals surface area contributed by atoms with Crippen LogP contribution in [-0.2, 0) is 6.54 Å².